The average Bonchev–Trinajstić information content (AvgIpc) is 3.21. The Bertz CT molecular complexity index is 1000. The predicted molar refractivity (Wildman–Crippen MR) is 106 cm³/mol. The van der Waals surface area contributed by atoms with Gasteiger partial charge in [-0.15, -0.1) is 0 Å². The molecule has 1 aliphatic heterocycles. The third-order valence-electron chi connectivity index (χ3n) is 4.59. The molecule has 3 amide bonds. The summed E-state index contributed by atoms with van der Waals surface area (Å²) in [6.07, 6.45) is 1.55. The second-order valence-electron chi connectivity index (χ2n) is 6.86. The van der Waals surface area contributed by atoms with E-state index in [-0.39, 0.29) is 10.6 Å². The SMILES string of the molecule is Cc1ccc(S(=O)(=O)N(CC(=O)Nc2cccc(F)c2)C(=O)N2CCCC2)cc1. The van der Waals surface area contributed by atoms with Crippen LogP contribution in [0.5, 0.6) is 0 Å². The smallest absolute Gasteiger partial charge is 0.324 e. The van der Waals surface area contributed by atoms with Crippen LogP contribution in [-0.2, 0) is 14.8 Å². The third kappa shape index (κ3) is 4.92. The quantitative estimate of drug-likeness (QED) is 0.807. The molecule has 2 aromatic carbocycles. The summed E-state index contributed by atoms with van der Waals surface area (Å²) in [5.74, 6) is -1.28. The number of nitrogens with one attached hydrogen (secondary N) is 1. The molecule has 7 nitrogen and oxygen atoms in total. The van der Waals surface area contributed by atoms with Crippen molar-refractivity contribution >= 4 is 27.6 Å². The van der Waals surface area contributed by atoms with E-state index >= 15 is 0 Å². The summed E-state index contributed by atoms with van der Waals surface area (Å²) in [5, 5.41) is 2.44. The first-order chi connectivity index (χ1) is 13.8. The Balaban J connectivity index is 1.87. The lowest BCUT2D eigenvalue weighted by Crippen LogP contribution is -2.48. The van der Waals surface area contributed by atoms with Crippen molar-refractivity contribution in [2.75, 3.05) is 25.0 Å². The maximum atomic E-state index is 13.3. The van der Waals surface area contributed by atoms with Crippen molar-refractivity contribution in [1.82, 2.24) is 9.21 Å². The molecule has 0 atom stereocenters. The molecule has 0 aromatic heterocycles. The molecule has 1 saturated heterocycles. The van der Waals surface area contributed by atoms with Gasteiger partial charge in [0.2, 0.25) is 5.91 Å². The molecule has 1 fully saturated rings. The molecule has 29 heavy (non-hydrogen) atoms. The Morgan fingerprint density at radius 2 is 1.76 bits per heavy atom. The highest BCUT2D eigenvalue weighted by atomic mass is 32.2. The Kier molecular flexibility index (Phi) is 6.17. The van der Waals surface area contributed by atoms with Gasteiger partial charge in [0.1, 0.15) is 12.4 Å². The maximum absolute atomic E-state index is 13.3. The molecule has 154 valence electrons. The number of nitrogens with zero attached hydrogens (tertiary/aromatic N) is 2. The molecule has 9 heteroatoms. The van der Waals surface area contributed by atoms with E-state index in [9.17, 15) is 22.4 Å². The number of aryl methyl sites for hydroxylation is 1. The molecule has 0 spiro atoms. The Hall–Kier alpha value is -2.94. The number of carbonyl (C=O) groups is 2. The number of halogens is 1. The van der Waals surface area contributed by atoms with Crippen LogP contribution in [-0.4, -0.2) is 49.2 Å². The van der Waals surface area contributed by atoms with E-state index < -0.39 is 34.3 Å². The van der Waals surface area contributed by atoms with E-state index in [1.807, 2.05) is 6.92 Å². The summed E-state index contributed by atoms with van der Waals surface area (Å²) in [5.41, 5.74) is 1.04. The van der Waals surface area contributed by atoms with Crippen molar-refractivity contribution in [3.63, 3.8) is 0 Å². The van der Waals surface area contributed by atoms with E-state index in [0.717, 1.165) is 24.5 Å². The summed E-state index contributed by atoms with van der Waals surface area (Å²) in [6, 6.07) is 10.5. The van der Waals surface area contributed by atoms with E-state index in [0.29, 0.717) is 17.4 Å². The van der Waals surface area contributed by atoms with Gasteiger partial charge in [-0.25, -0.2) is 21.9 Å². The van der Waals surface area contributed by atoms with Crippen LogP contribution in [0.4, 0.5) is 14.9 Å². The monoisotopic (exact) mass is 419 g/mol. The largest absolute Gasteiger partial charge is 0.334 e. The molecule has 1 N–H and O–H groups in total. The second kappa shape index (κ2) is 8.60. The lowest BCUT2D eigenvalue weighted by Gasteiger charge is -2.27. The average molecular weight is 419 g/mol. The van der Waals surface area contributed by atoms with E-state index in [4.69, 9.17) is 0 Å². The summed E-state index contributed by atoms with van der Waals surface area (Å²) in [7, 11) is -4.24. The minimum atomic E-state index is -4.24. The highest BCUT2D eigenvalue weighted by Gasteiger charge is 2.35. The van der Waals surface area contributed by atoms with Crippen LogP contribution in [0.25, 0.3) is 0 Å². The number of hydrogen-bond acceptors (Lipinski definition) is 4. The molecule has 0 bridgehead atoms. The third-order valence-corrected chi connectivity index (χ3v) is 6.33. The number of urea groups is 1. The lowest BCUT2D eigenvalue weighted by atomic mass is 10.2. The van der Waals surface area contributed by atoms with Crippen LogP contribution in [0, 0.1) is 12.7 Å². The number of likely N-dealkylation sites (tertiary alicyclic amines) is 1. The Morgan fingerprint density at radius 1 is 1.10 bits per heavy atom. The number of sulfonamides is 1. The van der Waals surface area contributed by atoms with Gasteiger partial charge >= 0.3 is 6.03 Å². The number of rotatable bonds is 5. The van der Waals surface area contributed by atoms with Gasteiger partial charge in [-0.1, -0.05) is 23.8 Å². The molecule has 3 rings (SSSR count). The predicted octanol–water partition coefficient (Wildman–Crippen LogP) is 2.98. The Morgan fingerprint density at radius 3 is 2.38 bits per heavy atom. The molecular formula is C20H22FN3O4S. The van der Waals surface area contributed by atoms with Gasteiger partial charge in [-0.3, -0.25) is 4.79 Å². The summed E-state index contributed by atoms with van der Waals surface area (Å²) in [4.78, 5) is 26.7. The van der Waals surface area contributed by atoms with Gasteiger partial charge in [-0.05, 0) is 50.1 Å². The van der Waals surface area contributed by atoms with Crippen LogP contribution in [0.2, 0.25) is 0 Å². The van der Waals surface area contributed by atoms with Crippen molar-refractivity contribution in [3.8, 4) is 0 Å². The number of anilines is 1. The fraction of sp³-hybridized carbons (Fsp3) is 0.300. The summed E-state index contributed by atoms with van der Waals surface area (Å²) >= 11 is 0. The minimum absolute atomic E-state index is 0.0748. The molecule has 0 unspecified atom stereocenters. The molecule has 0 radical (unpaired) electrons. The first-order valence-corrected chi connectivity index (χ1v) is 10.6. The molecule has 0 aliphatic carbocycles. The zero-order valence-electron chi connectivity index (χ0n) is 16.0. The van der Waals surface area contributed by atoms with Crippen molar-refractivity contribution in [2.24, 2.45) is 0 Å². The maximum Gasteiger partial charge on any atom is 0.334 e. The molecule has 2 aromatic rings. The Labute approximate surface area is 169 Å². The van der Waals surface area contributed by atoms with Crippen LogP contribution in [0.15, 0.2) is 53.4 Å². The van der Waals surface area contributed by atoms with Crippen LogP contribution >= 0.6 is 0 Å². The van der Waals surface area contributed by atoms with Crippen molar-refractivity contribution in [3.05, 3.63) is 59.9 Å². The number of benzene rings is 2. The standard InChI is InChI=1S/C20H22FN3O4S/c1-15-7-9-18(10-8-15)29(27,28)24(20(26)23-11-2-3-12-23)14-19(25)22-17-6-4-5-16(21)13-17/h4-10,13H,2-3,11-12,14H2,1H3,(H,22,25). The molecule has 0 saturated carbocycles. The van der Waals surface area contributed by atoms with E-state index in [2.05, 4.69) is 5.32 Å². The van der Waals surface area contributed by atoms with Gasteiger partial charge in [0.15, 0.2) is 0 Å². The number of amides is 3. The summed E-state index contributed by atoms with van der Waals surface area (Å²) < 4.78 is 40.2. The highest BCUT2D eigenvalue weighted by Crippen LogP contribution is 2.20. The zero-order chi connectivity index (χ0) is 21.0. The van der Waals surface area contributed by atoms with Crippen LogP contribution < -0.4 is 5.32 Å². The number of carbonyl (C=O) groups excluding carboxylic acids is 2. The summed E-state index contributed by atoms with van der Waals surface area (Å²) in [6.45, 7) is 1.98. The topological polar surface area (TPSA) is 86.8 Å². The van der Waals surface area contributed by atoms with E-state index in [1.54, 1.807) is 12.1 Å². The first kappa shape index (κ1) is 20.8. The second-order valence-corrected chi connectivity index (χ2v) is 8.72. The van der Waals surface area contributed by atoms with Gasteiger partial charge < -0.3 is 10.2 Å². The fourth-order valence-corrected chi connectivity index (χ4v) is 4.40. The molecular weight excluding hydrogens is 397 g/mol. The first-order valence-electron chi connectivity index (χ1n) is 9.21. The van der Waals surface area contributed by atoms with Gasteiger partial charge in [-0.2, -0.15) is 0 Å². The van der Waals surface area contributed by atoms with Gasteiger partial charge in [0.05, 0.1) is 4.90 Å². The highest BCUT2D eigenvalue weighted by molar-refractivity contribution is 7.89. The van der Waals surface area contributed by atoms with Crippen molar-refractivity contribution in [1.29, 1.82) is 0 Å². The van der Waals surface area contributed by atoms with E-state index in [1.165, 1.54) is 35.2 Å². The van der Waals surface area contributed by atoms with Crippen molar-refractivity contribution in [2.45, 2.75) is 24.7 Å². The lowest BCUT2D eigenvalue weighted by molar-refractivity contribution is -0.116. The van der Waals surface area contributed by atoms with Crippen LogP contribution in [0.1, 0.15) is 18.4 Å². The normalized spacial score (nSPS) is 13.9. The fourth-order valence-electron chi connectivity index (χ4n) is 3.06. The van der Waals surface area contributed by atoms with Gasteiger partial charge in [0, 0.05) is 18.8 Å². The molecule has 1 heterocycles. The minimum Gasteiger partial charge on any atom is -0.324 e. The molecule has 1 aliphatic rings. The zero-order valence-corrected chi connectivity index (χ0v) is 16.8. The van der Waals surface area contributed by atoms with Crippen molar-refractivity contribution < 1.29 is 22.4 Å². The number of hydrogen-bond donors (Lipinski definition) is 1. The van der Waals surface area contributed by atoms with Gasteiger partial charge in [0.25, 0.3) is 10.0 Å². The van der Waals surface area contributed by atoms with Crippen LogP contribution in [0.3, 0.4) is 0 Å².